The number of carbonyl (C=O) groups excluding carboxylic acids is 2. The van der Waals surface area contributed by atoms with Crippen molar-refractivity contribution in [1.29, 1.82) is 0 Å². The van der Waals surface area contributed by atoms with Crippen molar-refractivity contribution in [3.05, 3.63) is 70.9 Å². The lowest BCUT2D eigenvalue weighted by Gasteiger charge is -2.31. The Hall–Kier alpha value is -3.46. The minimum atomic E-state index is -0.332. The predicted molar refractivity (Wildman–Crippen MR) is 117 cm³/mol. The van der Waals surface area contributed by atoms with Crippen LogP contribution in [0.3, 0.4) is 0 Å². The number of aromatic nitrogens is 3. The normalized spacial score (nSPS) is 16.5. The fourth-order valence-corrected chi connectivity index (χ4v) is 5.03. The Morgan fingerprint density at radius 2 is 2.13 bits per heavy atom. The quantitative estimate of drug-likeness (QED) is 0.524. The number of likely N-dealkylation sites (tertiary alicyclic amines) is 1. The van der Waals surface area contributed by atoms with Crippen LogP contribution in [0.1, 0.15) is 50.4 Å². The molecule has 31 heavy (non-hydrogen) atoms. The van der Waals surface area contributed by atoms with Crippen LogP contribution in [0.2, 0.25) is 0 Å². The zero-order valence-electron chi connectivity index (χ0n) is 16.9. The molecule has 5 rings (SSSR count). The molecule has 0 spiro atoms. The van der Waals surface area contributed by atoms with Crippen LogP contribution in [0.5, 0.6) is 0 Å². The number of anilines is 1. The highest BCUT2D eigenvalue weighted by atomic mass is 32.1. The van der Waals surface area contributed by atoms with Crippen LogP contribution in [0, 0.1) is 6.92 Å². The van der Waals surface area contributed by atoms with E-state index in [1.807, 2.05) is 46.7 Å². The topological polar surface area (TPSA) is 92.7 Å². The van der Waals surface area contributed by atoms with Gasteiger partial charge in [0.15, 0.2) is 11.4 Å². The molecule has 4 aromatic heterocycles. The molecule has 0 aromatic carbocycles. The Labute approximate surface area is 182 Å². The first-order valence-corrected chi connectivity index (χ1v) is 11.0. The van der Waals surface area contributed by atoms with E-state index in [0.29, 0.717) is 23.0 Å². The fraction of sp³-hybridized carbons (Fsp3) is 0.273. The number of hydrogen-bond acceptors (Lipinski definition) is 6. The Balaban J connectivity index is 1.33. The number of furan rings is 1. The maximum atomic E-state index is 13.3. The van der Waals surface area contributed by atoms with Gasteiger partial charge in [-0.05, 0) is 55.7 Å². The van der Waals surface area contributed by atoms with Gasteiger partial charge in [0.2, 0.25) is 0 Å². The summed E-state index contributed by atoms with van der Waals surface area (Å²) < 4.78 is 7.13. The van der Waals surface area contributed by atoms with Crippen LogP contribution in [-0.2, 0) is 0 Å². The highest BCUT2D eigenvalue weighted by Crippen LogP contribution is 2.31. The zero-order valence-corrected chi connectivity index (χ0v) is 17.8. The van der Waals surface area contributed by atoms with E-state index in [1.54, 1.807) is 12.1 Å². The molecule has 1 aliphatic rings. The lowest BCUT2D eigenvalue weighted by Crippen LogP contribution is -2.39. The van der Waals surface area contributed by atoms with Gasteiger partial charge < -0.3 is 14.6 Å². The monoisotopic (exact) mass is 435 g/mol. The zero-order chi connectivity index (χ0) is 21.4. The summed E-state index contributed by atoms with van der Waals surface area (Å²) in [5.74, 6) is 0.913. The summed E-state index contributed by atoms with van der Waals surface area (Å²) in [6.45, 7) is 3.19. The van der Waals surface area contributed by atoms with E-state index in [4.69, 9.17) is 4.42 Å². The molecule has 158 valence electrons. The molecule has 0 saturated carbocycles. The van der Waals surface area contributed by atoms with Gasteiger partial charge in [-0.3, -0.25) is 14.0 Å². The number of piperidine rings is 1. The highest BCUT2D eigenvalue weighted by molar-refractivity contribution is 7.18. The molecule has 1 N–H and O–H groups in total. The molecule has 0 unspecified atom stereocenters. The summed E-state index contributed by atoms with van der Waals surface area (Å²) in [6, 6.07) is 10.9. The summed E-state index contributed by atoms with van der Waals surface area (Å²) in [5, 5.41) is 12.1. The van der Waals surface area contributed by atoms with Gasteiger partial charge >= 0.3 is 0 Å². The molecule has 1 aliphatic heterocycles. The number of hydrogen-bond donors (Lipinski definition) is 1. The largest absolute Gasteiger partial charge is 0.459 e. The molecule has 0 radical (unpaired) electrons. The molecule has 1 atom stereocenters. The van der Waals surface area contributed by atoms with Crippen molar-refractivity contribution in [2.24, 2.45) is 0 Å². The molecule has 9 heteroatoms. The molecule has 1 saturated heterocycles. The first-order valence-electron chi connectivity index (χ1n) is 10.1. The average Bonchev–Trinajstić information content (AvgIpc) is 3.53. The van der Waals surface area contributed by atoms with Crippen LogP contribution in [0.25, 0.3) is 5.65 Å². The molecular weight excluding hydrogens is 414 g/mol. The first-order chi connectivity index (χ1) is 15.1. The van der Waals surface area contributed by atoms with E-state index in [-0.39, 0.29) is 23.5 Å². The summed E-state index contributed by atoms with van der Waals surface area (Å²) in [5.41, 5.74) is 1.66. The molecule has 8 nitrogen and oxygen atoms in total. The third-order valence-corrected chi connectivity index (χ3v) is 6.65. The van der Waals surface area contributed by atoms with Gasteiger partial charge in [-0.15, -0.1) is 21.5 Å². The minimum absolute atomic E-state index is 0.0143. The minimum Gasteiger partial charge on any atom is -0.459 e. The number of amides is 2. The SMILES string of the molecule is Cc1cc(NC(=O)c2ccco2)sc1C(=O)N1CCC[C@@H](c2nnc3ccccn23)C1. The highest BCUT2D eigenvalue weighted by Gasteiger charge is 2.30. The maximum Gasteiger partial charge on any atom is 0.291 e. The second kappa shape index (κ2) is 7.99. The standard InChI is InChI=1S/C22H21N5O3S/c1-14-12-18(23-21(28)16-7-5-11-30-16)31-19(14)22(29)26-9-4-6-15(13-26)20-25-24-17-8-2-3-10-27(17)20/h2-3,5,7-8,10-12,15H,4,6,9,13H2,1H3,(H,23,28)/t15-/m1/s1. The van der Waals surface area contributed by atoms with Gasteiger partial charge in [-0.1, -0.05) is 6.07 Å². The van der Waals surface area contributed by atoms with Gasteiger partial charge in [0.1, 0.15) is 5.82 Å². The van der Waals surface area contributed by atoms with Crippen molar-refractivity contribution in [1.82, 2.24) is 19.5 Å². The van der Waals surface area contributed by atoms with Crippen molar-refractivity contribution < 1.29 is 14.0 Å². The van der Waals surface area contributed by atoms with E-state index in [0.717, 1.165) is 29.9 Å². The molecule has 0 aliphatic carbocycles. The van der Waals surface area contributed by atoms with E-state index in [9.17, 15) is 9.59 Å². The van der Waals surface area contributed by atoms with Crippen LogP contribution in [-0.4, -0.2) is 44.4 Å². The number of rotatable bonds is 4. The van der Waals surface area contributed by atoms with Crippen LogP contribution >= 0.6 is 11.3 Å². The summed E-state index contributed by atoms with van der Waals surface area (Å²) in [7, 11) is 0. The number of fused-ring (bicyclic) bond motifs is 1. The van der Waals surface area contributed by atoms with Gasteiger partial charge in [-0.2, -0.15) is 0 Å². The summed E-state index contributed by atoms with van der Waals surface area (Å²) >= 11 is 1.29. The van der Waals surface area contributed by atoms with Gasteiger partial charge in [-0.25, -0.2) is 0 Å². The Morgan fingerprint density at radius 3 is 2.97 bits per heavy atom. The number of thiophene rings is 1. The molecule has 1 fully saturated rings. The maximum absolute atomic E-state index is 13.3. The van der Waals surface area contributed by atoms with E-state index in [1.165, 1.54) is 17.6 Å². The van der Waals surface area contributed by atoms with E-state index < -0.39 is 0 Å². The first kappa shape index (κ1) is 19.5. The molecule has 0 bridgehead atoms. The van der Waals surface area contributed by atoms with Crippen LogP contribution in [0.15, 0.2) is 53.3 Å². The third-order valence-electron chi connectivity index (χ3n) is 5.51. The van der Waals surface area contributed by atoms with Gasteiger partial charge in [0, 0.05) is 25.2 Å². The molecule has 4 aromatic rings. The smallest absolute Gasteiger partial charge is 0.291 e. The second-order valence-corrected chi connectivity index (χ2v) is 8.68. The van der Waals surface area contributed by atoms with Crippen molar-refractivity contribution in [2.45, 2.75) is 25.7 Å². The summed E-state index contributed by atoms with van der Waals surface area (Å²) in [6.07, 6.45) is 5.29. The Kier molecular flexibility index (Phi) is 5.03. The molecule has 2 amide bonds. The predicted octanol–water partition coefficient (Wildman–Crippen LogP) is 3.96. The van der Waals surface area contributed by atoms with Crippen LogP contribution < -0.4 is 5.32 Å². The van der Waals surface area contributed by atoms with Crippen LogP contribution in [0.4, 0.5) is 5.00 Å². The molecule has 5 heterocycles. The average molecular weight is 436 g/mol. The van der Waals surface area contributed by atoms with Crippen molar-refractivity contribution in [2.75, 3.05) is 18.4 Å². The number of aryl methyl sites for hydroxylation is 1. The van der Waals surface area contributed by atoms with E-state index in [2.05, 4.69) is 15.5 Å². The second-order valence-electron chi connectivity index (χ2n) is 7.63. The van der Waals surface area contributed by atoms with Gasteiger partial charge in [0.25, 0.3) is 11.8 Å². The van der Waals surface area contributed by atoms with Crippen molar-refractivity contribution in [3.8, 4) is 0 Å². The van der Waals surface area contributed by atoms with Gasteiger partial charge in [0.05, 0.1) is 16.1 Å². The molecular formula is C22H21N5O3S. The fourth-order valence-electron chi connectivity index (χ4n) is 3.99. The number of carbonyl (C=O) groups is 2. The van der Waals surface area contributed by atoms with Crippen molar-refractivity contribution >= 4 is 33.8 Å². The number of nitrogens with zero attached hydrogens (tertiary/aromatic N) is 4. The Morgan fingerprint density at radius 1 is 1.23 bits per heavy atom. The van der Waals surface area contributed by atoms with E-state index >= 15 is 0 Å². The Bertz CT molecular complexity index is 1240. The lowest BCUT2D eigenvalue weighted by atomic mass is 9.97. The summed E-state index contributed by atoms with van der Waals surface area (Å²) in [4.78, 5) is 28.1. The number of pyridine rings is 1. The van der Waals surface area contributed by atoms with Crippen molar-refractivity contribution in [3.63, 3.8) is 0 Å². The number of nitrogens with one attached hydrogen (secondary N) is 1. The lowest BCUT2D eigenvalue weighted by molar-refractivity contribution is 0.0708. The third kappa shape index (κ3) is 3.72.